The van der Waals surface area contributed by atoms with Gasteiger partial charge in [0.15, 0.2) is 0 Å². The van der Waals surface area contributed by atoms with Gasteiger partial charge in [-0.05, 0) is 274 Å². The van der Waals surface area contributed by atoms with Crippen molar-refractivity contribution in [3.05, 3.63) is 312 Å². The van der Waals surface area contributed by atoms with Crippen LogP contribution in [0.2, 0.25) is 0 Å². The van der Waals surface area contributed by atoms with Crippen LogP contribution in [0.4, 0.5) is 126 Å². The van der Waals surface area contributed by atoms with Gasteiger partial charge in [0.1, 0.15) is 32.8 Å². The third-order valence-electron chi connectivity index (χ3n) is 18.6. The van der Waals surface area contributed by atoms with E-state index in [-0.39, 0.29) is 69.2 Å². The predicted octanol–water partition coefficient (Wildman–Crippen LogP) is 24.2. The second-order valence-electron chi connectivity index (χ2n) is 28.3. The van der Waals surface area contributed by atoms with E-state index in [2.05, 4.69) is 103 Å². The van der Waals surface area contributed by atoms with Crippen molar-refractivity contribution in [2.45, 2.75) is 66.5 Å². The summed E-state index contributed by atoms with van der Waals surface area (Å²) >= 11 is 0. The van der Waals surface area contributed by atoms with Gasteiger partial charge in [-0.1, -0.05) is 60.7 Å². The van der Waals surface area contributed by atoms with E-state index in [4.69, 9.17) is 29.9 Å². The summed E-state index contributed by atoms with van der Waals surface area (Å²) in [5, 5.41) is 81.6. The Hall–Kier alpha value is -15.7. The monoisotopic (exact) mass is 1800 g/mol. The zero-order valence-corrected chi connectivity index (χ0v) is 71.7. The topological polar surface area (TPSA) is 541 Å². The molecule has 0 amide bonds. The van der Waals surface area contributed by atoms with Crippen molar-refractivity contribution in [1.29, 1.82) is 0 Å². The smallest absolute Gasteiger partial charge is 0.296 e. The predicted molar refractivity (Wildman–Crippen MR) is 482 cm³/mol. The second-order valence-corrected chi connectivity index (χ2v) is 34.0. The maximum absolute atomic E-state index is 12.6. The molecule has 14 aromatic rings. The van der Waals surface area contributed by atoms with E-state index in [1.54, 1.807) is 140 Å². The highest BCUT2D eigenvalue weighted by Crippen LogP contribution is 2.38. The van der Waals surface area contributed by atoms with Crippen LogP contribution in [-0.2, 0) is 53.3 Å². The quantitative estimate of drug-likeness (QED) is 0.0105. The molecule has 0 bridgehead atoms. The van der Waals surface area contributed by atoms with Crippen molar-refractivity contribution in [1.82, 2.24) is 29.9 Å². The van der Waals surface area contributed by atoms with Crippen molar-refractivity contribution in [2.75, 3.05) is 34.4 Å². The van der Waals surface area contributed by atoms with Crippen LogP contribution in [0.25, 0.3) is 0 Å². The molecule has 0 saturated heterocycles. The highest BCUT2D eigenvalue weighted by Gasteiger charge is 2.21. The fraction of sp³-hybridized carbons (Fsp3) is 0.103. The van der Waals surface area contributed by atoms with Crippen molar-refractivity contribution >= 4 is 167 Å². The number of hydrogen-bond acceptors (Lipinski definition) is 34. The average Bonchev–Trinajstić information content (AvgIpc) is 0.811. The number of anilines is 6. The average molecular weight is 1800 g/mol. The normalized spacial score (nSPS) is 12.3. The Morgan fingerprint density at radius 2 is 0.527 bits per heavy atom. The zero-order valence-electron chi connectivity index (χ0n) is 68.5. The van der Waals surface area contributed by atoms with Gasteiger partial charge in [-0.25, -0.2) is 4.98 Å². The molecule has 0 aliphatic heterocycles. The highest BCUT2D eigenvalue weighted by molar-refractivity contribution is 7.86. The van der Waals surface area contributed by atoms with Crippen LogP contribution < -0.4 is 21.3 Å². The Bertz CT molecular complexity index is 6820. The van der Waals surface area contributed by atoms with Crippen LogP contribution in [0.3, 0.4) is 0 Å². The van der Waals surface area contributed by atoms with Crippen molar-refractivity contribution in [3.63, 3.8) is 0 Å². The second kappa shape index (κ2) is 40.5. The third-order valence-corrected chi connectivity index (χ3v) is 22.1. The molecule has 129 heavy (non-hydrogen) atoms. The summed E-state index contributed by atoms with van der Waals surface area (Å²) in [5.74, 6) is 1.60. The summed E-state index contributed by atoms with van der Waals surface area (Å²) < 4.78 is 136. The molecule has 2 aromatic heterocycles. The Morgan fingerprint density at radius 3 is 0.860 bits per heavy atom. The molecule has 0 aliphatic rings. The zero-order chi connectivity index (χ0) is 90.7. The van der Waals surface area contributed by atoms with Crippen molar-refractivity contribution < 1.29 is 51.9 Å². The first kappa shape index (κ1) is 89.6. The lowest BCUT2D eigenvalue weighted by atomic mass is 10.1. The number of rotatable bonds is 34. The molecule has 14 rings (SSSR count). The van der Waals surface area contributed by atoms with Gasteiger partial charge in [0.2, 0.25) is 23.8 Å². The summed E-state index contributed by atoms with van der Waals surface area (Å²) in [6.45, 7) is 8.02. The molecule has 648 valence electrons. The molecule has 0 radical (unpaired) electrons. The third kappa shape index (κ3) is 25.8. The summed E-state index contributed by atoms with van der Waals surface area (Å²) in [7, 11) is -18.3. The van der Waals surface area contributed by atoms with Crippen LogP contribution in [0.15, 0.2) is 368 Å². The van der Waals surface area contributed by atoms with Crippen LogP contribution in [0.5, 0.6) is 0 Å². The van der Waals surface area contributed by atoms with Gasteiger partial charge in [-0.15, -0.1) is 10.2 Å². The lowest BCUT2D eigenvalue weighted by Crippen LogP contribution is -2.15. The van der Waals surface area contributed by atoms with Crippen molar-refractivity contribution in [3.8, 4) is 0 Å². The maximum atomic E-state index is 12.6. The molecule has 0 saturated carbocycles. The summed E-state index contributed by atoms with van der Waals surface area (Å²) in [4.78, 5) is 27.5. The summed E-state index contributed by atoms with van der Waals surface area (Å²) in [6, 6.07) is 71.5. The Morgan fingerprint density at radius 1 is 0.256 bits per heavy atom. The van der Waals surface area contributed by atoms with Crippen LogP contribution >= 0.6 is 0 Å². The van der Waals surface area contributed by atoms with E-state index in [0.717, 1.165) is 34.4 Å². The number of hydrogen-bond donors (Lipinski definition) is 8. The van der Waals surface area contributed by atoms with Gasteiger partial charge >= 0.3 is 0 Å². The minimum absolute atomic E-state index is 0.125. The molecule has 0 unspecified atom stereocenters. The Labute approximate surface area is 738 Å². The first-order chi connectivity index (χ1) is 61.9. The van der Waals surface area contributed by atoms with E-state index in [1.165, 1.54) is 72.8 Å². The number of nitrogens with one attached hydrogen (secondary N) is 4. The molecule has 0 atom stereocenters. The molecule has 0 fully saturated rings. The first-order valence-corrected chi connectivity index (χ1v) is 44.7. The molecule has 0 aliphatic carbocycles. The van der Waals surface area contributed by atoms with Gasteiger partial charge in [-0.3, -0.25) is 18.2 Å². The summed E-state index contributed by atoms with van der Waals surface area (Å²) in [6.07, 6.45) is 0.984. The van der Waals surface area contributed by atoms with E-state index in [1.807, 2.05) is 69.3 Å². The molecule has 8 N–H and O–H groups in total. The first-order valence-electron chi connectivity index (χ1n) is 38.9. The van der Waals surface area contributed by atoms with E-state index in [9.17, 15) is 51.9 Å². The summed E-state index contributed by atoms with van der Waals surface area (Å²) in [5.41, 5.74) is 11.5. The Kier molecular flexibility index (Phi) is 28.1. The number of azo groups is 8. The minimum Gasteiger partial charge on any atom is -0.354 e. The number of aryl methyl sites for hydroxylation is 4. The number of nitrogens with zero attached hydrogens (tertiary/aromatic N) is 22. The number of aromatic nitrogens is 6. The lowest BCUT2D eigenvalue weighted by molar-refractivity contribution is 0.481. The van der Waals surface area contributed by atoms with Gasteiger partial charge in [0.25, 0.3) is 40.5 Å². The molecule has 42 heteroatoms. The fourth-order valence-electron chi connectivity index (χ4n) is 12.1. The molecule has 12 aromatic carbocycles. The lowest BCUT2D eigenvalue weighted by Gasteiger charge is -2.13. The van der Waals surface area contributed by atoms with E-state index in [0.29, 0.717) is 122 Å². The maximum Gasteiger partial charge on any atom is 0.296 e. The molecular weight excluding hydrogens is 1730 g/mol. The van der Waals surface area contributed by atoms with Gasteiger partial charge in [0, 0.05) is 37.3 Å². The SMILES string of the molecule is Cc1cc(Cc2nc(Cc3ccc(N=Nc4ccc(N=Nc5ccccc5)cc4S(=O)(=O)O)c(C)c3)nc(NCCCNc3nc(Nc4ccc(N=Nc5ccc(N=Nc6ccc(S(=O)(=O)O)cc6)cc5)c(C)c4)nc(Nc4ccc(N=Nc5ccc(N=Nc6ccccc6)cc5S(=O)(=O)O)c(C)c4)n3)n2)ccc1N=Nc1ccc(N=Nc2ccc(S(=O)(=O)O)cc2)cc1. The van der Waals surface area contributed by atoms with Gasteiger partial charge in [0.05, 0.1) is 89.4 Å². The molecule has 0 spiro atoms. The molecule has 2 heterocycles. The molecule has 38 nitrogen and oxygen atoms in total. The van der Waals surface area contributed by atoms with Crippen molar-refractivity contribution in [2.24, 2.45) is 81.8 Å². The van der Waals surface area contributed by atoms with Crippen LogP contribution in [-0.4, -0.2) is 94.9 Å². The van der Waals surface area contributed by atoms with Gasteiger partial charge < -0.3 is 21.3 Å². The molecular formula is C87H74N26O12S4. The number of benzene rings is 12. The highest BCUT2D eigenvalue weighted by atomic mass is 32.2. The Balaban J connectivity index is 0.687. The standard InChI is InChI=1S/C87H74N26O12S4/c1-54-46-58(16-38-74(54)108-104-64-22-18-62(19-23-64)100-102-66-26-34-72(35-27-66)126(114,115)116)50-82-92-83(51-59-17-39-75(55(2)47-59)110-112-78-42-32-70(52-80(78)128(120,121)122)106-98-60-12-7-5-8-13-60)94-84(93-82)88-44-11-45-89-85-95-86(90-68-30-40-76(56(3)48-68)109-105-65-24-20-63(21-25-65)101-103-67-28-36-73(37-29-67)127(117,118)119)97-87(96-85)91-69-31-41-77(57(4)49-69)111-113-79-43-33-71(53-81(79)129(123,124)125)107-99-61-14-9-6-10-15-61/h5-10,12-43,46-49,52-53H,11,44-45,50-51H2,1-4H3,(H,114,115,116)(H,117,118,119)(H,120,121,122)(H,123,124,125)(H,88,92,93,94)(H3,89,90,91,95,96,97). The van der Waals surface area contributed by atoms with Crippen LogP contribution in [0.1, 0.15) is 51.5 Å². The van der Waals surface area contributed by atoms with E-state index >= 15 is 0 Å². The minimum atomic E-state index is -4.79. The largest absolute Gasteiger partial charge is 0.354 e. The van der Waals surface area contributed by atoms with E-state index < -0.39 is 50.3 Å². The van der Waals surface area contributed by atoms with Crippen LogP contribution in [0, 0.1) is 27.7 Å². The van der Waals surface area contributed by atoms with Gasteiger partial charge in [-0.2, -0.15) is 130 Å². The fourth-order valence-corrected chi connectivity index (χ4v) is 14.3.